The fourth-order valence-electron chi connectivity index (χ4n) is 4.32. The molecule has 4 aromatic rings. The van der Waals surface area contributed by atoms with E-state index in [1.807, 2.05) is 28.8 Å². The van der Waals surface area contributed by atoms with Gasteiger partial charge in [-0.25, -0.2) is 15.0 Å². The van der Waals surface area contributed by atoms with Crippen LogP contribution in [0, 0.1) is 6.92 Å². The van der Waals surface area contributed by atoms with E-state index in [-0.39, 0.29) is 6.17 Å². The summed E-state index contributed by atoms with van der Waals surface area (Å²) in [7, 11) is 4.14. The van der Waals surface area contributed by atoms with Crippen LogP contribution in [-0.2, 0) is 6.54 Å². The highest BCUT2D eigenvalue weighted by Crippen LogP contribution is 2.31. The second-order valence-corrected chi connectivity index (χ2v) is 8.95. The second-order valence-electron chi connectivity index (χ2n) is 8.95. The minimum Gasteiger partial charge on any atom is -0.491 e. The number of rotatable bonds is 8. The molecule has 35 heavy (non-hydrogen) atoms. The molecule has 2 N–H and O–H groups in total. The standard InChI is InChI=1S/C26H30N8O/c1-18-8-6-9-20-19(18)14-34(21-10-4-5-11-22(21)35-13-7-12-32(2)3)23(31-20)15-33-17-30-24-25(27)28-16-29-26(24)33/h4-6,8-11,14,16-17,23H,7,12-13,15H2,1-3H3,(H2,27,28,29). The Morgan fingerprint density at radius 3 is 2.77 bits per heavy atom. The van der Waals surface area contributed by atoms with Crippen molar-refractivity contribution in [1.82, 2.24) is 24.4 Å². The maximum Gasteiger partial charge on any atom is 0.165 e. The largest absolute Gasteiger partial charge is 0.491 e. The average Bonchev–Trinajstić information content (AvgIpc) is 3.26. The number of nitrogens with two attached hydrogens (primary N) is 1. The number of anilines is 2. The molecule has 1 aliphatic rings. The average molecular weight is 471 g/mol. The van der Waals surface area contributed by atoms with E-state index < -0.39 is 0 Å². The van der Waals surface area contributed by atoms with E-state index in [1.165, 1.54) is 11.9 Å². The van der Waals surface area contributed by atoms with Gasteiger partial charge in [-0.3, -0.25) is 4.99 Å². The highest BCUT2D eigenvalue weighted by atomic mass is 16.5. The van der Waals surface area contributed by atoms with Crippen LogP contribution in [0.25, 0.3) is 17.4 Å². The van der Waals surface area contributed by atoms with E-state index in [4.69, 9.17) is 15.5 Å². The Labute approximate surface area is 204 Å². The minimum atomic E-state index is -0.232. The zero-order valence-electron chi connectivity index (χ0n) is 20.3. The molecule has 9 nitrogen and oxygen atoms in total. The molecule has 0 fully saturated rings. The molecule has 1 aliphatic heterocycles. The number of fused-ring (bicyclic) bond motifs is 2. The molecular weight excluding hydrogens is 440 g/mol. The molecule has 2 aromatic heterocycles. The summed E-state index contributed by atoms with van der Waals surface area (Å²) in [6, 6.07) is 14.3. The highest BCUT2D eigenvalue weighted by molar-refractivity contribution is 5.81. The Morgan fingerprint density at radius 1 is 1.06 bits per heavy atom. The van der Waals surface area contributed by atoms with Crippen molar-refractivity contribution < 1.29 is 4.74 Å². The number of imidazole rings is 1. The molecule has 9 heteroatoms. The number of benzene rings is 2. The van der Waals surface area contributed by atoms with Gasteiger partial charge < -0.3 is 24.8 Å². The zero-order valence-corrected chi connectivity index (χ0v) is 20.3. The fraction of sp³-hybridized carbons (Fsp3) is 0.308. The van der Waals surface area contributed by atoms with Gasteiger partial charge in [-0.2, -0.15) is 0 Å². The van der Waals surface area contributed by atoms with Crippen LogP contribution in [-0.4, -0.2) is 57.8 Å². The molecule has 5 rings (SSSR count). The topological polar surface area (TPSA) is 97.7 Å². The van der Waals surface area contributed by atoms with E-state index >= 15 is 0 Å². The molecule has 3 heterocycles. The van der Waals surface area contributed by atoms with Crippen molar-refractivity contribution >= 4 is 28.9 Å². The molecule has 0 saturated carbocycles. The monoisotopic (exact) mass is 470 g/mol. The number of nitrogens with zero attached hydrogens (tertiary/aromatic N) is 7. The Morgan fingerprint density at radius 2 is 1.91 bits per heavy atom. The van der Waals surface area contributed by atoms with Crippen LogP contribution in [0.2, 0.25) is 0 Å². The van der Waals surface area contributed by atoms with Crippen molar-refractivity contribution in [2.75, 3.05) is 37.9 Å². The third-order valence-electron chi connectivity index (χ3n) is 6.12. The first kappa shape index (κ1) is 22.8. The van der Waals surface area contributed by atoms with Gasteiger partial charge in [0.15, 0.2) is 11.5 Å². The van der Waals surface area contributed by atoms with Crippen LogP contribution in [0.3, 0.4) is 0 Å². The van der Waals surface area contributed by atoms with Crippen molar-refractivity contribution in [2.24, 2.45) is 4.99 Å². The molecule has 0 amide bonds. The van der Waals surface area contributed by atoms with Gasteiger partial charge in [0.05, 0.1) is 30.5 Å². The Kier molecular flexibility index (Phi) is 6.33. The molecule has 0 aliphatic carbocycles. The highest BCUT2D eigenvalue weighted by Gasteiger charge is 2.24. The number of hydrogen-bond donors (Lipinski definition) is 1. The number of para-hydroxylation sites is 2. The number of aromatic nitrogens is 4. The van der Waals surface area contributed by atoms with Gasteiger partial charge in [-0.1, -0.05) is 24.3 Å². The molecule has 180 valence electrons. The maximum atomic E-state index is 6.24. The fourth-order valence-corrected chi connectivity index (χ4v) is 4.32. The van der Waals surface area contributed by atoms with Crippen LogP contribution in [0.15, 0.2) is 60.1 Å². The second kappa shape index (κ2) is 9.71. The predicted octanol–water partition coefficient (Wildman–Crippen LogP) is 1.95. The van der Waals surface area contributed by atoms with E-state index in [0.717, 1.165) is 35.0 Å². The number of nitrogen functional groups attached to an aromatic ring is 1. The van der Waals surface area contributed by atoms with E-state index in [0.29, 0.717) is 30.1 Å². The van der Waals surface area contributed by atoms with Gasteiger partial charge in [-0.15, -0.1) is 0 Å². The molecule has 0 spiro atoms. The number of hydrogen-bond acceptors (Lipinski definition) is 8. The van der Waals surface area contributed by atoms with Gasteiger partial charge in [0, 0.05) is 18.0 Å². The van der Waals surface area contributed by atoms with E-state index in [2.05, 4.69) is 70.2 Å². The lowest BCUT2D eigenvalue weighted by molar-refractivity contribution is 0.282. The summed E-state index contributed by atoms with van der Waals surface area (Å²) in [4.78, 5) is 22.4. The van der Waals surface area contributed by atoms with Crippen LogP contribution >= 0.6 is 0 Å². The minimum absolute atomic E-state index is 0.232. The van der Waals surface area contributed by atoms with Crippen molar-refractivity contribution in [3.8, 4) is 5.75 Å². The van der Waals surface area contributed by atoms with Crippen LogP contribution in [0.5, 0.6) is 5.75 Å². The Hall–Kier alpha value is -3.98. The van der Waals surface area contributed by atoms with Crippen LogP contribution in [0.1, 0.15) is 12.0 Å². The maximum absolute atomic E-state index is 6.24. The first-order chi connectivity index (χ1) is 17.0. The predicted molar refractivity (Wildman–Crippen MR) is 138 cm³/mol. The lowest BCUT2D eigenvalue weighted by Gasteiger charge is -2.32. The number of aryl methyl sites for hydroxylation is 1. The first-order valence-electron chi connectivity index (χ1n) is 11.7. The van der Waals surface area contributed by atoms with Gasteiger partial charge in [-0.05, 0) is 51.2 Å². The molecule has 1 atom stereocenters. The van der Waals surface area contributed by atoms with Gasteiger partial charge in [0.1, 0.15) is 23.8 Å². The third kappa shape index (κ3) is 4.67. The van der Waals surface area contributed by atoms with Gasteiger partial charge in [0.25, 0.3) is 0 Å². The molecule has 0 bridgehead atoms. The van der Waals surface area contributed by atoms with Crippen molar-refractivity contribution in [3.05, 3.63) is 71.3 Å². The van der Waals surface area contributed by atoms with Crippen molar-refractivity contribution in [1.29, 1.82) is 0 Å². The van der Waals surface area contributed by atoms with Crippen molar-refractivity contribution in [3.63, 3.8) is 0 Å². The summed E-state index contributed by atoms with van der Waals surface area (Å²) in [6.45, 7) is 4.26. The lowest BCUT2D eigenvalue weighted by atomic mass is 10.1. The summed E-state index contributed by atoms with van der Waals surface area (Å²) in [5, 5.41) is 2.07. The summed E-state index contributed by atoms with van der Waals surface area (Å²) in [6.07, 6.45) is 6.10. The number of ether oxygens (including phenoxy) is 1. The molecule has 2 aromatic carbocycles. The summed E-state index contributed by atoms with van der Waals surface area (Å²) < 4.78 is 8.22. The summed E-state index contributed by atoms with van der Waals surface area (Å²) >= 11 is 0. The normalized spacial score (nSPS) is 15.1. The van der Waals surface area contributed by atoms with Crippen molar-refractivity contribution in [2.45, 2.75) is 26.1 Å². The van der Waals surface area contributed by atoms with E-state index in [1.54, 1.807) is 6.33 Å². The molecular formula is C26H30N8O. The molecule has 1 unspecified atom stereocenters. The summed E-state index contributed by atoms with van der Waals surface area (Å²) in [5.74, 6) is 1.21. The summed E-state index contributed by atoms with van der Waals surface area (Å²) in [5.41, 5.74) is 9.44. The third-order valence-corrected chi connectivity index (χ3v) is 6.12. The van der Waals surface area contributed by atoms with Gasteiger partial charge in [0.2, 0.25) is 0 Å². The van der Waals surface area contributed by atoms with Crippen LogP contribution in [0.4, 0.5) is 11.5 Å². The lowest BCUT2D eigenvalue weighted by Crippen LogP contribution is -2.45. The quantitative estimate of drug-likeness (QED) is 0.393. The van der Waals surface area contributed by atoms with E-state index in [9.17, 15) is 0 Å². The van der Waals surface area contributed by atoms with Gasteiger partial charge >= 0.3 is 0 Å². The first-order valence-corrected chi connectivity index (χ1v) is 11.7. The molecule has 0 saturated heterocycles. The molecule has 0 radical (unpaired) electrons. The Bertz CT molecular complexity index is 1460. The Balaban J connectivity index is 1.54. The smallest absolute Gasteiger partial charge is 0.165 e. The zero-order chi connectivity index (χ0) is 24.4. The SMILES string of the molecule is Cc1cccc2c1=CN(c1ccccc1OCCCN(C)C)C(Cn1cnc3c(N)ncnc31)N=2. The van der Waals surface area contributed by atoms with Crippen LogP contribution < -0.4 is 25.9 Å².